The smallest absolute Gasteiger partial charge is 0.262 e. The molecular weight excluding hydrogens is 271 g/mol. The highest BCUT2D eigenvalue weighted by molar-refractivity contribution is 6.29. The van der Waals surface area contributed by atoms with Crippen LogP contribution in [-0.2, 0) is 4.79 Å². The third-order valence-corrected chi connectivity index (χ3v) is 2.44. The number of para-hydroxylation sites is 1. The zero-order valence-corrected chi connectivity index (χ0v) is 10.5. The number of amides is 1. The summed E-state index contributed by atoms with van der Waals surface area (Å²) >= 11 is 5.61. The zero-order valence-electron chi connectivity index (χ0n) is 9.77. The fraction of sp³-hybridized carbons (Fsp3) is 0.0769. The fourth-order valence-electron chi connectivity index (χ4n) is 1.35. The number of nitrogens with zero attached hydrogens (tertiary/aromatic N) is 1. The number of carbonyl (C=O) groups is 1. The Hall–Kier alpha value is -2.14. The number of nitrogens with one attached hydrogen (secondary N) is 1. The first-order valence-corrected chi connectivity index (χ1v) is 5.81. The van der Waals surface area contributed by atoms with Crippen LogP contribution in [0.25, 0.3) is 0 Å². The molecule has 0 aliphatic rings. The van der Waals surface area contributed by atoms with Gasteiger partial charge in [-0.05, 0) is 24.3 Å². The molecule has 1 N–H and O–H groups in total. The van der Waals surface area contributed by atoms with Gasteiger partial charge >= 0.3 is 0 Å². The SMILES string of the molecule is O=C(COc1ccc(Cl)nc1)Nc1ccccc1F. The molecule has 1 aromatic heterocycles. The number of rotatable bonds is 4. The van der Waals surface area contributed by atoms with Crippen LogP contribution in [0.15, 0.2) is 42.6 Å². The summed E-state index contributed by atoms with van der Waals surface area (Å²) in [7, 11) is 0. The van der Waals surface area contributed by atoms with Crippen molar-refractivity contribution in [1.82, 2.24) is 4.98 Å². The Morgan fingerprint density at radius 2 is 2.11 bits per heavy atom. The van der Waals surface area contributed by atoms with Crippen LogP contribution in [0.1, 0.15) is 0 Å². The van der Waals surface area contributed by atoms with E-state index in [0.29, 0.717) is 10.9 Å². The molecule has 19 heavy (non-hydrogen) atoms. The van der Waals surface area contributed by atoms with Gasteiger partial charge in [0.1, 0.15) is 16.7 Å². The third-order valence-electron chi connectivity index (χ3n) is 2.22. The monoisotopic (exact) mass is 280 g/mol. The lowest BCUT2D eigenvalue weighted by Gasteiger charge is -2.07. The average Bonchev–Trinajstić information content (AvgIpc) is 2.41. The Morgan fingerprint density at radius 1 is 1.32 bits per heavy atom. The summed E-state index contributed by atoms with van der Waals surface area (Å²) in [5, 5.41) is 2.74. The minimum atomic E-state index is -0.496. The number of hydrogen-bond acceptors (Lipinski definition) is 3. The molecule has 1 amide bonds. The van der Waals surface area contributed by atoms with Crippen molar-refractivity contribution in [2.45, 2.75) is 0 Å². The molecule has 0 aliphatic heterocycles. The summed E-state index contributed by atoms with van der Waals surface area (Å²) < 4.78 is 18.5. The van der Waals surface area contributed by atoms with Crippen LogP contribution in [0.5, 0.6) is 5.75 Å². The van der Waals surface area contributed by atoms with E-state index < -0.39 is 11.7 Å². The van der Waals surface area contributed by atoms with E-state index in [-0.39, 0.29) is 12.3 Å². The van der Waals surface area contributed by atoms with E-state index in [1.54, 1.807) is 24.3 Å². The Morgan fingerprint density at radius 3 is 2.79 bits per heavy atom. The predicted molar refractivity (Wildman–Crippen MR) is 69.8 cm³/mol. The Kier molecular flexibility index (Phi) is 4.30. The molecule has 0 bridgehead atoms. The van der Waals surface area contributed by atoms with Crippen LogP contribution in [0, 0.1) is 5.82 Å². The highest BCUT2D eigenvalue weighted by Crippen LogP contribution is 2.14. The van der Waals surface area contributed by atoms with Crippen molar-refractivity contribution in [3.8, 4) is 5.75 Å². The average molecular weight is 281 g/mol. The second kappa shape index (κ2) is 6.15. The number of halogens is 2. The van der Waals surface area contributed by atoms with Gasteiger partial charge in [0.25, 0.3) is 5.91 Å². The molecule has 2 aromatic rings. The van der Waals surface area contributed by atoms with Crippen LogP contribution in [0.4, 0.5) is 10.1 Å². The molecule has 0 spiro atoms. The van der Waals surface area contributed by atoms with Crippen LogP contribution in [0.2, 0.25) is 5.15 Å². The van der Waals surface area contributed by atoms with Gasteiger partial charge in [-0.3, -0.25) is 4.79 Å². The van der Waals surface area contributed by atoms with E-state index in [1.807, 2.05) is 0 Å². The first-order chi connectivity index (χ1) is 9.15. The molecule has 4 nitrogen and oxygen atoms in total. The summed E-state index contributed by atoms with van der Waals surface area (Å²) in [6.45, 7) is -0.238. The van der Waals surface area contributed by atoms with Gasteiger partial charge in [0.05, 0.1) is 11.9 Å². The summed E-state index contributed by atoms with van der Waals surface area (Å²) in [6.07, 6.45) is 1.40. The molecule has 1 heterocycles. The fourth-order valence-corrected chi connectivity index (χ4v) is 1.46. The highest BCUT2D eigenvalue weighted by atomic mass is 35.5. The van der Waals surface area contributed by atoms with E-state index in [9.17, 15) is 9.18 Å². The van der Waals surface area contributed by atoms with E-state index in [2.05, 4.69) is 10.3 Å². The maximum Gasteiger partial charge on any atom is 0.262 e. The maximum absolute atomic E-state index is 13.3. The molecule has 98 valence electrons. The van der Waals surface area contributed by atoms with Crippen molar-refractivity contribution >= 4 is 23.2 Å². The minimum absolute atomic E-state index is 0.116. The largest absolute Gasteiger partial charge is 0.482 e. The van der Waals surface area contributed by atoms with Gasteiger partial charge in [-0.15, -0.1) is 0 Å². The summed E-state index contributed by atoms with van der Waals surface area (Å²) in [5.74, 6) is -0.544. The van der Waals surface area contributed by atoms with E-state index >= 15 is 0 Å². The van der Waals surface area contributed by atoms with Crippen molar-refractivity contribution in [3.63, 3.8) is 0 Å². The highest BCUT2D eigenvalue weighted by Gasteiger charge is 2.07. The van der Waals surface area contributed by atoms with Gasteiger partial charge in [0.15, 0.2) is 6.61 Å². The summed E-state index contributed by atoms with van der Waals surface area (Å²) in [4.78, 5) is 15.4. The topological polar surface area (TPSA) is 51.2 Å². The van der Waals surface area contributed by atoms with Crippen LogP contribution < -0.4 is 10.1 Å². The van der Waals surface area contributed by atoms with E-state index in [4.69, 9.17) is 16.3 Å². The lowest BCUT2D eigenvalue weighted by atomic mass is 10.3. The van der Waals surface area contributed by atoms with E-state index in [0.717, 1.165) is 0 Å². The lowest BCUT2D eigenvalue weighted by Crippen LogP contribution is -2.20. The number of ether oxygens (including phenoxy) is 1. The number of carbonyl (C=O) groups excluding carboxylic acids is 1. The normalized spacial score (nSPS) is 10.0. The first-order valence-electron chi connectivity index (χ1n) is 5.44. The number of hydrogen-bond donors (Lipinski definition) is 1. The number of anilines is 1. The molecule has 0 unspecified atom stereocenters. The Labute approximate surface area is 114 Å². The molecule has 0 saturated heterocycles. The molecule has 0 fully saturated rings. The second-order valence-electron chi connectivity index (χ2n) is 3.63. The van der Waals surface area contributed by atoms with Gasteiger partial charge in [0.2, 0.25) is 0 Å². The molecule has 1 aromatic carbocycles. The third kappa shape index (κ3) is 3.93. The number of aromatic nitrogens is 1. The molecule has 6 heteroatoms. The van der Waals surface area contributed by atoms with Crippen LogP contribution in [0.3, 0.4) is 0 Å². The quantitative estimate of drug-likeness (QED) is 0.876. The van der Waals surface area contributed by atoms with Crippen molar-refractivity contribution in [1.29, 1.82) is 0 Å². The van der Waals surface area contributed by atoms with E-state index in [1.165, 1.54) is 18.3 Å². The first kappa shape index (κ1) is 13.3. The molecule has 0 aliphatic carbocycles. The minimum Gasteiger partial charge on any atom is -0.482 e. The number of benzene rings is 1. The molecule has 2 rings (SSSR count). The van der Waals surface area contributed by atoms with Gasteiger partial charge in [-0.1, -0.05) is 23.7 Å². The van der Waals surface area contributed by atoms with Crippen molar-refractivity contribution in [2.24, 2.45) is 0 Å². The van der Waals surface area contributed by atoms with Gasteiger partial charge in [-0.2, -0.15) is 0 Å². The van der Waals surface area contributed by atoms with Gasteiger partial charge in [-0.25, -0.2) is 9.37 Å². The molecular formula is C13H10ClFN2O2. The Balaban J connectivity index is 1.88. The van der Waals surface area contributed by atoms with Crippen molar-refractivity contribution in [2.75, 3.05) is 11.9 Å². The number of pyridine rings is 1. The zero-order chi connectivity index (χ0) is 13.7. The van der Waals surface area contributed by atoms with Crippen molar-refractivity contribution < 1.29 is 13.9 Å². The standard InChI is InChI=1S/C13H10ClFN2O2/c14-12-6-5-9(7-16-12)19-8-13(18)17-11-4-2-1-3-10(11)15/h1-7H,8H2,(H,17,18). The Bertz CT molecular complexity index is 575. The van der Waals surface area contributed by atoms with Gasteiger partial charge < -0.3 is 10.1 Å². The lowest BCUT2D eigenvalue weighted by molar-refractivity contribution is -0.118. The second-order valence-corrected chi connectivity index (χ2v) is 4.02. The summed E-state index contributed by atoms with van der Waals surface area (Å²) in [5.41, 5.74) is 0.116. The summed E-state index contributed by atoms with van der Waals surface area (Å²) in [6, 6.07) is 9.04. The molecule has 0 saturated carbocycles. The van der Waals surface area contributed by atoms with Crippen molar-refractivity contribution in [3.05, 3.63) is 53.6 Å². The van der Waals surface area contributed by atoms with Crippen LogP contribution in [-0.4, -0.2) is 17.5 Å². The maximum atomic E-state index is 13.3. The molecule has 0 atom stereocenters. The van der Waals surface area contributed by atoms with Gasteiger partial charge in [0, 0.05) is 0 Å². The predicted octanol–water partition coefficient (Wildman–Crippen LogP) is 2.89. The molecule has 0 radical (unpaired) electrons. The van der Waals surface area contributed by atoms with Crippen LogP contribution >= 0.6 is 11.6 Å².